The van der Waals surface area contributed by atoms with Gasteiger partial charge in [-0.3, -0.25) is 0 Å². The largest absolute Gasteiger partial charge is 0.338 e. The summed E-state index contributed by atoms with van der Waals surface area (Å²) in [6, 6.07) is -0.240. The van der Waals surface area contributed by atoms with Gasteiger partial charge >= 0.3 is 6.03 Å². The summed E-state index contributed by atoms with van der Waals surface area (Å²) in [5, 5.41) is 5.22. The van der Waals surface area contributed by atoms with Gasteiger partial charge in [0.2, 0.25) is 0 Å². The van der Waals surface area contributed by atoms with Gasteiger partial charge in [-0.25, -0.2) is 4.79 Å². The molecule has 1 aliphatic heterocycles. The van der Waals surface area contributed by atoms with Crippen LogP contribution in [-0.2, 0) is 4.79 Å². The SMILES string of the molecule is O=CCNC(=O)NCC1CCSCC1. The molecule has 0 aromatic carbocycles. The zero-order valence-corrected chi connectivity index (χ0v) is 8.94. The second kappa shape index (κ2) is 6.70. The highest BCUT2D eigenvalue weighted by Gasteiger charge is 2.13. The van der Waals surface area contributed by atoms with E-state index in [1.165, 1.54) is 24.3 Å². The van der Waals surface area contributed by atoms with E-state index in [9.17, 15) is 9.59 Å². The number of urea groups is 1. The molecule has 1 saturated heterocycles. The van der Waals surface area contributed by atoms with Crippen molar-refractivity contribution < 1.29 is 9.59 Å². The number of rotatable bonds is 4. The highest BCUT2D eigenvalue weighted by atomic mass is 32.2. The van der Waals surface area contributed by atoms with Crippen LogP contribution >= 0.6 is 11.8 Å². The van der Waals surface area contributed by atoms with Crippen molar-refractivity contribution in [3.8, 4) is 0 Å². The zero-order valence-electron chi connectivity index (χ0n) is 8.12. The van der Waals surface area contributed by atoms with Crippen molar-refractivity contribution >= 4 is 24.1 Å². The Morgan fingerprint density at radius 2 is 2.07 bits per heavy atom. The van der Waals surface area contributed by atoms with Crippen molar-refractivity contribution in [2.45, 2.75) is 12.8 Å². The van der Waals surface area contributed by atoms with Crippen molar-refractivity contribution in [3.63, 3.8) is 0 Å². The van der Waals surface area contributed by atoms with Crippen LogP contribution < -0.4 is 10.6 Å². The molecule has 0 bridgehead atoms. The maximum absolute atomic E-state index is 11.1. The van der Waals surface area contributed by atoms with Gasteiger partial charge in [0.1, 0.15) is 6.29 Å². The number of thioether (sulfide) groups is 1. The lowest BCUT2D eigenvalue weighted by molar-refractivity contribution is -0.107. The summed E-state index contributed by atoms with van der Waals surface area (Å²) in [6.45, 7) is 0.817. The molecule has 2 amide bonds. The van der Waals surface area contributed by atoms with E-state index >= 15 is 0 Å². The van der Waals surface area contributed by atoms with Crippen molar-refractivity contribution in [2.75, 3.05) is 24.6 Å². The van der Waals surface area contributed by atoms with Gasteiger partial charge in [0, 0.05) is 6.54 Å². The van der Waals surface area contributed by atoms with Crippen molar-refractivity contribution in [3.05, 3.63) is 0 Å². The first-order chi connectivity index (χ1) is 6.83. The van der Waals surface area contributed by atoms with Crippen LogP contribution in [0, 0.1) is 5.92 Å². The van der Waals surface area contributed by atoms with Gasteiger partial charge in [-0.1, -0.05) is 0 Å². The molecule has 1 rings (SSSR count). The molecule has 0 aromatic rings. The van der Waals surface area contributed by atoms with Gasteiger partial charge in [0.05, 0.1) is 6.54 Å². The molecule has 0 saturated carbocycles. The van der Waals surface area contributed by atoms with Crippen LogP contribution in [0.15, 0.2) is 0 Å². The Morgan fingerprint density at radius 1 is 1.36 bits per heavy atom. The maximum atomic E-state index is 11.1. The van der Waals surface area contributed by atoms with E-state index in [2.05, 4.69) is 10.6 Å². The van der Waals surface area contributed by atoms with Crippen molar-refractivity contribution in [2.24, 2.45) is 5.92 Å². The summed E-state index contributed by atoms with van der Waals surface area (Å²) in [4.78, 5) is 21.0. The van der Waals surface area contributed by atoms with E-state index < -0.39 is 0 Å². The molecule has 1 fully saturated rings. The van der Waals surface area contributed by atoms with E-state index in [4.69, 9.17) is 0 Å². The topological polar surface area (TPSA) is 58.2 Å². The van der Waals surface area contributed by atoms with Crippen LogP contribution in [-0.4, -0.2) is 36.9 Å². The minimum Gasteiger partial charge on any atom is -0.338 e. The minimum atomic E-state index is -0.240. The Kier molecular flexibility index (Phi) is 5.44. The first kappa shape index (κ1) is 11.4. The van der Waals surface area contributed by atoms with E-state index in [-0.39, 0.29) is 12.6 Å². The van der Waals surface area contributed by atoms with E-state index in [1.54, 1.807) is 0 Å². The summed E-state index contributed by atoms with van der Waals surface area (Å²) in [5.74, 6) is 3.00. The van der Waals surface area contributed by atoms with Crippen molar-refractivity contribution in [1.29, 1.82) is 0 Å². The lowest BCUT2D eigenvalue weighted by atomic mass is 10.0. The minimum absolute atomic E-state index is 0.0896. The van der Waals surface area contributed by atoms with E-state index in [1.807, 2.05) is 11.8 Å². The smallest absolute Gasteiger partial charge is 0.315 e. The number of hydrogen-bond acceptors (Lipinski definition) is 3. The third kappa shape index (κ3) is 4.50. The fourth-order valence-corrected chi connectivity index (χ4v) is 2.59. The normalized spacial score (nSPS) is 17.4. The van der Waals surface area contributed by atoms with Gasteiger partial charge in [-0.15, -0.1) is 0 Å². The van der Waals surface area contributed by atoms with Gasteiger partial charge in [-0.05, 0) is 30.3 Å². The lowest BCUT2D eigenvalue weighted by Crippen LogP contribution is -2.39. The molecule has 14 heavy (non-hydrogen) atoms. The number of carbonyl (C=O) groups excluding carboxylic acids is 2. The molecule has 0 unspecified atom stereocenters. The molecule has 4 nitrogen and oxygen atoms in total. The average molecular weight is 216 g/mol. The summed E-state index contributed by atoms with van der Waals surface area (Å²) in [6.07, 6.45) is 3.04. The average Bonchev–Trinajstić information content (AvgIpc) is 2.25. The molecule has 1 heterocycles. The molecule has 1 aliphatic rings. The van der Waals surface area contributed by atoms with Crippen LogP contribution in [0.5, 0.6) is 0 Å². The fourth-order valence-electron chi connectivity index (χ4n) is 1.38. The number of amides is 2. The number of aldehydes is 1. The predicted molar refractivity (Wildman–Crippen MR) is 57.5 cm³/mol. The Hall–Kier alpha value is -0.710. The standard InChI is InChI=1S/C9H16N2O2S/c12-4-3-10-9(13)11-7-8-1-5-14-6-2-8/h4,8H,1-3,5-7H2,(H2,10,11,13). The molecule has 0 aromatic heterocycles. The summed E-state index contributed by atoms with van der Waals surface area (Å²) >= 11 is 1.97. The predicted octanol–water partition coefficient (Wildman–Crippen LogP) is 0.628. The molecule has 0 aliphatic carbocycles. The van der Waals surface area contributed by atoms with Crippen LogP contribution in [0.2, 0.25) is 0 Å². The first-order valence-corrected chi connectivity index (χ1v) is 6.01. The molecular weight excluding hydrogens is 200 g/mol. The second-order valence-corrected chi connectivity index (χ2v) is 4.54. The summed E-state index contributed by atoms with van der Waals surface area (Å²) in [5.41, 5.74) is 0. The third-order valence-corrected chi connectivity index (χ3v) is 3.29. The molecule has 80 valence electrons. The number of nitrogens with one attached hydrogen (secondary N) is 2. The molecule has 0 spiro atoms. The Bertz CT molecular complexity index is 193. The molecular formula is C9H16N2O2S. The van der Waals surface area contributed by atoms with Gasteiger partial charge in [-0.2, -0.15) is 11.8 Å². The number of hydrogen-bond donors (Lipinski definition) is 2. The van der Waals surface area contributed by atoms with Crippen molar-refractivity contribution in [1.82, 2.24) is 10.6 Å². The fraction of sp³-hybridized carbons (Fsp3) is 0.778. The Balaban J connectivity index is 2.06. The Morgan fingerprint density at radius 3 is 2.71 bits per heavy atom. The van der Waals surface area contributed by atoms with Gasteiger partial charge in [0.15, 0.2) is 0 Å². The molecule has 0 radical (unpaired) electrons. The maximum Gasteiger partial charge on any atom is 0.315 e. The third-order valence-electron chi connectivity index (χ3n) is 2.24. The monoisotopic (exact) mass is 216 g/mol. The van der Waals surface area contributed by atoms with Gasteiger partial charge in [0.25, 0.3) is 0 Å². The van der Waals surface area contributed by atoms with Crippen LogP contribution in [0.4, 0.5) is 4.79 Å². The van der Waals surface area contributed by atoms with Crippen LogP contribution in [0.1, 0.15) is 12.8 Å². The zero-order chi connectivity index (χ0) is 10.2. The lowest BCUT2D eigenvalue weighted by Gasteiger charge is -2.21. The molecule has 0 atom stereocenters. The Labute approximate surface area is 88.2 Å². The summed E-state index contributed by atoms with van der Waals surface area (Å²) < 4.78 is 0. The van der Waals surface area contributed by atoms with Crippen LogP contribution in [0.3, 0.4) is 0 Å². The quantitative estimate of drug-likeness (QED) is 0.678. The summed E-state index contributed by atoms with van der Waals surface area (Å²) in [7, 11) is 0. The first-order valence-electron chi connectivity index (χ1n) is 4.86. The molecule has 5 heteroatoms. The van der Waals surface area contributed by atoms with E-state index in [0.717, 1.165) is 6.54 Å². The number of carbonyl (C=O) groups is 2. The van der Waals surface area contributed by atoms with Gasteiger partial charge < -0.3 is 15.4 Å². The highest BCUT2D eigenvalue weighted by molar-refractivity contribution is 7.99. The molecule has 2 N–H and O–H groups in total. The van der Waals surface area contributed by atoms with E-state index in [0.29, 0.717) is 12.2 Å². The second-order valence-electron chi connectivity index (χ2n) is 3.31. The van der Waals surface area contributed by atoms with Crippen LogP contribution in [0.25, 0.3) is 0 Å². The highest BCUT2D eigenvalue weighted by Crippen LogP contribution is 2.21.